The van der Waals surface area contributed by atoms with Gasteiger partial charge in [0.05, 0.1) is 0 Å². The van der Waals surface area contributed by atoms with Crippen LogP contribution < -0.4 is 15.4 Å². The molecule has 0 aromatic heterocycles. The molecule has 0 saturated carbocycles. The first-order valence-electron chi connectivity index (χ1n) is 8.86. The summed E-state index contributed by atoms with van der Waals surface area (Å²) >= 11 is 0. The summed E-state index contributed by atoms with van der Waals surface area (Å²) < 4.78 is 5.55. The van der Waals surface area contributed by atoms with Crippen LogP contribution in [0.25, 0.3) is 0 Å². The van der Waals surface area contributed by atoms with E-state index in [1.54, 1.807) is 21.1 Å². The number of carbonyl (C=O) groups excluding carboxylic acids is 1. The lowest BCUT2D eigenvalue weighted by Crippen LogP contribution is -2.39. The van der Waals surface area contributed by atoms with E-state index < -0.39 is 0 Å². The van der Waals surface area contributed by atoms with Crippen molar-refractivity contribution in [2.24, 2.45) is 10.9 Å². The highest BCUT2D eigenvalue weighted by Gasteiger charge is 2.07. The first-order chi connectivity index (χ1) is 12.0. The van der Waals surface area contributed by atoms with E-state index in [1.807, 2.05) is 24.3 Å². The van der Waals surface area contributed by atoms with Crippen LogP contribution in [0.1, 0.15) is 32.3 Å². The number of ether oxygens (including phenoxy) is 1. The normalized spacial score (nSPS) is 11.4. The van der Waals surface area contributed by atoms with Gasteiger partial charge in [-0.1, -0.05) is 38.8 Å². The second-order valence-electron chi connectivity index (χ2n) is 6.21. The summed E-state index contributed by atoms with van der Waals surface area (Å²) in [7, 11) is 5.20. The van der Waals surface area contributed by atoms with Crippen molar-refractivity contribution in [1.82, 2.24) is 15.5 Å². The van der Waals surface area contributed by atoms with E-state index >= 15 is 0 Å². The summed E-state index contributed by atoms with van der Waals surface area (Å²) in [6.45, 7) is 6.02. The van der Waals surface area contributed by atoms with Gasteiger partial charge in [0, 0.05) is 34.2 Å². The Bertz CT molecular complexity index is 554. The third-order valence-electron chi connectivity index (χ3n) is 4.16. The summed E-state index contributed by atoms with van der Waals surface area (Å²) in [5.41, 5.74) is 1.07. The summed E-state index contributed by atoms with van der Waals surface area (Å²) in [6, 6.07) is 7.73. The molecule has 0 atom stereocenters. The Hall–Kier alpha value is -2.24. The largest absolute Gasteiger partial charge is 0.484 e. The van der Waals surface area contributed by atoms with Crippen molar-refractivity contribution >= 4 is 11.9 Å². The van der Waals surface area contributed by atoms with Gasteiger partial charge in [0.2, 0.25) is 0 Å². The molecule has 0 unspecified atom stereocenters. The highest BCUT2D eigenvalue weighted by Crippen LogP contribution is 2.13. The Morgan fingerprint density at radius 3 is 2.56 bits per heavy atom. The second kappa shape index (κ2) is 11.3. The van der Waals surface area contributed by atoms with E-state index in [2.05, 4.69) is 29.5 Å². The average molecular weight is 348 g/mol. The van der Waals surface area contributed by atoms with Crippen molar-refractivity contribution < 1.29 is 9.53 Å². The summed E-state index contributed by atoms with van der Waals surface area (Å²) in [4.78, 5) is 17.4. The molecule has 1 aromatic carbocycles. The van der Waals surface area contributed by atoms with Gasteiger partial charge in [0.1, 0.15) is 5.75 Å². The number of carbonyl (C=O) groups is 1. The fraction of sp³-hybridized carbons (Fsp3) is 0.579. The molecule has 0 aliphatic rings. The van der Waals surface area contributed by atoms with Crippen molar-refractivity contribution in [2.45, 2.75) is 33.2 Å². The number of benzene rings is 1. The summed E-state index contributed by atoms with van der Waals surface area (Å²) in [5.74, 6) is 2.08. The van der Waals surface area contributed by atoms with Gasteiger partial charge in [-0.05, 0) is 23.6 Å². The molecule has 6 heteroatoms. The molecule has 0 spiro atoms. The number of hydrogen-bond donors (Lipinski definition) is 2. The molecule has 0 aliphatic carbocycles. The van der Waals surface area contributed by atoms with Crippen LogP contribution in [0.2, 0.25) is 0 Å². The minimum Gasteiger partial charge on any atom is -0.484 e. The van der Waals surface area contributed by atoms with Crippen LogP contribution in [-0.4, -0.2) is 51.1 Å². The molecule has 2 N–H and O–H groups in total. The van der Waals surface area contributed by atoms with Crippen LogP contribution in [0, 0.1) is 5.92 Å². The molecule has 1 aromatic rings. The number of guanidine groups is 1. The van der Waals surface area contributed by atoms with Gasteiger partial charge in [0.25, 0.3) is 5.91 Å². The smallest absolute Gasteiger partial charge is 0.259 e. The zero-order valence-electron chi connectivity index (χ0n) is 16.1. The van der Waals surface area contributed by atoms with Crippen LogP contribution in [-0.2, 0) is 11.3 Å². The maximum absolute atomic E-state index is 11.6. The van der Waals surface area contributed by atoms with Crippen LogP contribution >= 0.6 is 0 Å². The van der Waals surface area contributed by atoms with Gasteiger partial charge in [0.15, 0.2) is 12.6 Å². The molecule has 0 radical (unpaired) electrons. The molecule has 25 heavy (non-hydrogen) atoms. The molecule has 0 heterocycles. The Balaban J connectivity index is 2.50. The molecule has 0 bridgehead atoms. The van der Waals surface area contributed by atoms with E-state index in [0.717, 1.165) is 30.9 Å². The SMILES string of the molecule is CCC(CC)CNC(=NC)NCc1cccc(OCC(=O)N(C)C)c1. The number of hydrogen-bond acceptors (Lipinski definition) is 3. The number of likely N-dealkylation sites (N-methyl/N-ethyl adjacent to an activating group) is 1. The lowest BCUT2D eigenvalue weighted by Gasteiger charge is -2.17. The van der Waals surface area contributed by atoms with Crippen molar-refractivity contribution in [3.8, 4) is 5.75 Å². The van der Waals surface area contributed by atoms with Crippen molar-refractivity contribution in [2.75, 3.05) is 34.3 Å². The summed E-state index contributed by atoms with van der Waals surface area (Å²) in [5, 5.41) is 6.67. The highest BCUT2D eigenvalue weighted by molar-refractivity contribution is 5.79. The first-order valence-corrected chi connectivity index (χ1v) is 8.86. The number of nitrogens with zero attached hydrogens (tertiary/aromatic N) is 2. The van der Waals surface area contributed by atoms with Gasteiger partial charge in [-0.2, -0.15) is 0 Å². The zero-order chi connectivity index (χ0) is 18.7. The average Bonchev–Trinajstić information content (AvgIpc) is 2.63. The minimum atomic E-state index is -0.0606. The summed E-state index contributed by atoms with van der Waals surface area (Å²) in [6.07, 6.45) is 2.32. The molecular formula is C19H32N4O2. The topological polar surface area (TPSA) is 66.0 Å². The number of aliphatic imine (C=N–C) groups is 1. The predicted molar refractivity (Wildman–Crippen MR) is 103 cm³/mol. The van der Waals surface area contributed by atoms with E-state index in [0.29, 0.717) is 18.2 Å². The molecule has 6 nitrogen and oxygen atoms in total. The van der Waals surface area contributed by atoms with Crippen molar-refractivity contribution in [3.63, 3.8) is 0 Å². The second-order valence-corrected chi connectivity index (χ2v) is 6.21. The van der Waals surface area contributed by atoms with E-state index in [4.69, 9.17) is 4.74 Å². The zero-order valence-corrected chi connectivity index (χ0v) is 16.1. The fourth-order valence-corrected chi connectivity index (χ4v) is 2.24. The number of amides is 1. The van der Waals surface area contributed by atoms with Crippen molar-refractivity contribution in [1.29, 1.82) is 0 Å². The molecular weight excluding hydrogens is 316 g/mol. The van der Waals surface area contributed by atoms with E-state index in [9.17, 15) is 4.79 Å². The van der Waals surface area contributed by atoms with E-state index in [-0.39, 0.29) is 12.5 Å². The van der Waals surface area contributed by atoms with Crippen LogP contribution in [0.5, 0.6) is 5.75 Å². The van der Waals surface area contributed by atoms with E-state index in [1.165, 1.54) is 4.90 Å². The molecule has 0 saturated heterocycles. The molecule has 0 fully saturated rings. The third kappa shape index (κ3) is 7.92. The highest BCUT2D eigenvalue weighted by atomic mass is 16.5. The minimum absolute atomic E-state index is 0.0442. The molecule has 140 valence electrons. The van der Waals surface area contributed by atoms with Gasteiger partial charge in [-0.25, -0.2) is 0 Å². The predicted octanol–water partition coefficient (Wildman–Crippen LogP) is 2.25. The number of nitrogens with one attached hydrogen (secondary N) is 2. The Labute approximate surface area is 151 Å². The van der Waals surface area contributed by atoms with Gasteiger partial charge in [-0.3, -0.25) is 9.79 Å². The fourth-order valence-electron chi connectivity index (χ4n) is 2.24. The molecule has 1 amide bonds. The Morgan fingerprint density at radius 1 is 1.24 bits per heavy atom. The lowest BCUT2D eigenvalue weighted by atomic mass is 10.0. The monoisotopic (exact) mass is 348 g/mol. The molecule has 0 aliphatic heterocycles. The first kappa shape index (κ1) is 20.8. The lowest BCUT2D eigenvalue weighted by molar-refractivity contribution is -0.130. The van der Waals surface area contributed by atoms with Gasteiger partial charge < -0.3 is 20.3 Å². The van der Waals surface area contributed by atoms with Crippen LogP contribution in [0.3, 0.4) is 0 Å². The Morgan fingerprint density at radius 2 is 1.96 bits per heavy atom. The quantitative estimate of drug-likeness (QED) is 0.531. The van der Waals surface area contributed by atoms with Gasteiger partial charge >= 0.3 is 0 Å². The third-order valence-corrected chi connectivity index (χ3v) is 4.16. The maximum atomic E-state index is 11.6. The van der Waals surface area contributed by atoms with Crippen LogP contribution in [0.4, 0.5) is 0 Å². The number of rotatable bonds is 9. The van der Waals surface area contributed by atoms with Crippen LogP contribution in [0.15, 0.2) is 29.3 Å². The molecule has 1 rings (SSSR count). The standard InChI is InChI=1S/C19H32N4O2/c1-6-15(7-2)12-21-19(20-3)22-13-16-9-8-10-17(11-16)25-14-18(24)23(4)5/h8-11,15H,6-7,12-14H2,1-5H3,(H2,20,21,22). The van der Waals surface area contributed by atoms with Gasteiger partial charge in [-0.15, -0.1) is 0 Å². The maximum Gasteiger partial charge on any atom is 0.259 e. The Kier molecular flexibility index (Phi) is 9.43. The van der Waals surface area contributed by atoms with Crippen molar-refractivity contribution in [3.05, 3.63) is 29.8 Å².